The minimum Gasteiger partial charge on any atom is -0.463 e. The summed E-state index contributed by atoms with van der Waals surface area (Å²) in [5, 5.41) is 0. The van der Waals surface area contributed by atoms with E-state index in [0.717, 1.165) is 11.3 Å². The zero-order chi connectivity index (χ0) is 9.19. The molecule has 0 bridgehead atoms. The molecule has 0 fully saturated rings. The van der Waals surface area contributed by atoms with Gasteiger partial charge in [-0.15, -0.1) is 11.8 Å². The maximum Gasteiger partial charge on any atom is 0.334 e. The van der Waals surface area contributed by atoms with Crippen LogP contribution < -0.4 is 0 Å². The van der Waals surface area contributed by atoms with Gasteiger partial charge in [0.1, 0.15) is 0 Å². The molecule has 0 aromatic rings. The van der Waals surface area contributed by atoms with E-state index in [2.05, 4.69) is 13.8 Å². The fourth-order valence-electron chi connectivity index (χ4n) is 1.11. The van der Waals surface area contributed by atoms with Gasteiger partial charge in [-0.25, -0.2) is 4.79 Å². The molecule has 0 N–H and O–H groups in total. The average molecular weight is 186 g/mol. The number of thioether (sulfide) groups is 1. The quantitative estimate of drug-likeness (QED) is 0.617. The van der Waals surface area contributed by atoms with Gasteiger partial charge < -0.3 is 4.74 Å². The van der Waals surface area contributed by atoms with Crippen molar-refractivity contribution in [3.8, 4) is 0 Å². The molecule has 0 amide bonds. The summed E-state index contributed by atoms with van der Waals surface area (Å²) in [6.45, 7) is 6.49. The summed E-state index contributed by atoms with van der Waals surface area (Å²) >= 11 is 1.77. The Labute approximate surface area is 77.4 Å². The van der Waals surface area contributed by atoms with Crippen LogP contribution in [0.2, 0.25) is 0 Å². The van der Waals surface area contributed by atoms with Gasteiger partial charge >= 0.3 is 5.97 Å². The Kier molecular flexibility index (Phi) is 2.83. The lowest BCUT2D eigenvalue weighted by Crippen LogP contribution is -2.08. The Morgan fingerprint density at radius 2 is 2.42 bits per heavy atom. The van der Waals surface area contributed by atoms with Crippen LogP contribution in [-0.2, 0) is 9.53 Å². The van der Waals surface area contributed by atoms with E-state index < -0.39 is 0 Å². The summed E-state index contributed by atoms with van der Waals surface area (Å²) in [6.07, 6.45) is 2.00. The third-order valence-corrected chi connectivity index (χ3v) is 2.98. The van der Waals surface area contributed by atoms with Gasteiger partial charge in [-0.1, -0.05) is 6.08 Å². The van der Waals surface area contributed by atoms with Crippen molar-refractivity contribution in [1.82, 2.24) is 0 Å². The average Bonchev–Trinajstić information content (AvgIpc) is 2.31. The van der Waals surface area contributed by atoms with Crippen molar-refractivity contribution in [2.45, 2.75) is 25.5 Å². The van der Waals surface area contributed by atoms with Crippen molar-refractivity contribution in [3.05, 3.63) is 11.6 Å². The minimum absolute atomic E-state index is 0.0993. The van der Waals surface area contributed by atoms with Crippen LogP contribution >= 0.6 is 11.8 Å². The van der Waals surface area contributed by atoms with E-state index in [1.807, 2.05) is 13.0 Å². The molecule has 0 aromatic heterocycles. The third kappa shape index (κ3) is 2.27. The fourth-order valence-corrected chi connectivity index (χ4v) is 2.06. The number of esters is 1. The first kappa shape index (κ1) is 9.65. The normalized spacial score (nSPS) is 20.4. The molecule has 0 spiro atoms. The first-order valence-corrected chi connectivity index (χ1v) is 5.06. The number of ether oxygens (including phenoxy) is 1. The van der Waals surface area contributed by atoms with Gasteiger partial charge in [0, 0.05) is 16.1 Å². The van der Waals surface area contributed by atoms with Gasteiger partial charge in [0.25, 0.3) is 0 Å². The third-order valence-electron chi connectivity index (χ3n) is 1.66. The Balaban J connectivity index is 2.60. The summed E-state index contributed by atoms with van der Waals surface area (Å²) in [7, 11) is 0. The monoisotopic (exact) mass is 186 g/mol. The maximum atomic E-state index is 11.2. The Morgan fingerprint density at radius 3 is 2.83 bits per heavy atom. The van der Waals surface area contributed by atoms with Gasteiger partial charge in [0.05, 0.1) is 6.61 Å². The highest BCUT2D eigenvalue weighted by atomic mass is 32.2. The topological polar surface area (TPSA) is 26.3 Å². The number of rotatable bonds is 2. The lowest BCUT2D eigenvalue weighted by molar-refractivity contribution is -0.138. The molecule has 1 aliphatic heterocycles. The van der Waals surface area contributed by atoms with Crippen LogP contribution in [0.25, 0.3) is 0 Å². The van der Waals surface area contributed by atoms with Gasteiger partial charge in [0.2, 0.25) is 0 Å². The Morgan fingerprint density at radius 1 is 1.75 bits per heavy atom. The van der Waals surface area contributed by atoms with Crippen LogP contribution in [0, 0.1) is 0 Å². The van der Waals surface area contributed by atoms with Crippen LogP contribution in [0.3, 0.4) is 0 Å². The fraction of sp³-hybridized carbons (Fsp3) is 0.667. The number of hydrogen-bond acceptors (Lipinski definition) is 3. The summed E-state index contributed by atoms with van der Waals surface area (Å²) < 4.78 is 5.00. The van der Waals surface area contributed by atoms with Gasteiger partial charge in [-0.2, -0.15) is 0 Å². The lowest BCUT2D eigenvalue weighted by Gasteiger charge is -2.10. The van der Waals surface area contributed by atoms with Gasteiger partial charge in [0.15, 0.2) is 0 Å². The molecule has 12 heavy (non-hydrogen) atoms. The molecule has 0 saturated carbocycles. The van der Waals surface area contributed by atoms with Crippen molar-refractivity contribution in [3.63, 3.8) is 0 Å². The van der Waals surface area contributed by atoms with Crippen molar-refractivity contribution in [2.75, 3.05) is 12.4 Å². The molecule has 0 unspecified atom stereocenters. The first-order chi connectivity index (χ1) is 5.55. The smallest absolute Gasteiger partial charge is 0.334 e. The largest absolute Gasteiger partial charge is 0.463 e. The Hall–Kier alpha value is -0.440. The predicted molar refractivity (Wildman–Crippen MR) is 51.3 cm³/mol. The highest BCUT2D eigenvalue weighted by Crippen LogP contribution is 2.35. The molecule has 0 aromatic carbocycles. The second-order valence-corrected chi connectivity index (χ2v) is 4.91. The zero-order valence-corrected chi connectivity index (χ0v) is 8.53. The highest BCUT2D eigenvalue weighted by Gasteiger charge is 2.27. The van der Waals surface area contributed by atoms with E-state index in [9.17, 15) is 4.79 Å². The summed E-state index contributed by atoms with van der Waals surface area (Å²) in [5.41, 5.74) is 0.812. The molecule has 0 radical (unpaired) electrons. The first-order valence-electron chi connectivity index (χ1n) is 4.08. The lowest BCUT2D eigenvalue weighted by atomic mass is 10.1. The predicted octanol–water partition coefficient (Wildman–Crippen LogP) is 2.00. The molecule has 1 aliphatic rings. The highest BCUT2D eigenvalue weighted by molar-refractivity contribution is 8.01. The van der Waals surface area contributed by atoms with Crippen molar-refractivity contribution in [2.24, 2.45) is 0 Å². The SMILES string of the molecule is CCOC(=O)C1=CC(C)(C)SC1. The molecule has 0 saturated heterocycles. The van der Waals surface area contributed by atoms with E-state index in [-0.39, 0.29) is 10.7 Å². The van der Waals surface area contributed by atoms with Crippen LogP contribution in [0.5, 0.6) is 0 Å². The van der Waals surface area contributed by atoms with Crippen LogP contribution in [0.4, 0.5) is 0 Å². The van der Waals surface area contributed by atoms with Crippen molar-refractivity contribution < 1.29 is 9.53 Å². The molecule has 0 atom stereocenters. The number of carbonyl (C=O) groups is 1. The van der Waals surface area contributed by atoms with Crippen LogP contribution in [0.15, 0.2) is 11.6 Å². The van der Waals surface area contributed by atoms with Crippen LogP contribution in [-0.4, -0.2) is 23.1 Å². The zero-order valence-electron chi connectivity index (χ0n) is 7.72. The maximum absolute atomic E-state index is 11.2. The molecule has 1 rings (SSSR count). The summed E-state index contributed by atoms with van der Waals surface area (Å²) in [4.78, 5) is 11.2. The van der Waals surface area contributed by atoms with Gasteiger partial charge in [-0.05, 0) is 20.8 Å². The summed E-state index contributed by atoms with van der Waals surface area (Å²) in [5.74, 6) is 0.627. The summed E-state index contributed by atoms with van der Waals surface area (Å²) in [6, 6.07) is 0. The number of hydrogen-bond donors (Lipinski definition) is 0. The van der Waals surface area contributed by atoms with E-state index in [1.165, 1.54) is 0 Å². The molecule has 3 heteroatoms. The Bertz CT molecular complexity index is 219. The molecular formula is C9H14O2S. The molecule has 68 valence electrons. The van der Waals surface area contributed by atoms with E-state index >= 15 is 0 Å². The second-order valence-electron chi connectivity index (χ2n) is 3.28. The molecule has 2 nitrogen and oxygen atoms in total. The van der Waals surface area contributed by atoms with Crippen molar-refractivity contribution >= 4 is 17.7 Å². The molecule has 1 heterocycles. The minimum atomic E-state index is -0.157. The van der Waals surface area contributed by atoms with E-state index in [1.54, 1.807) is 11.8 Å². The van der Waals surface area contributed by atoms with E-state index in [0.29, 0.717) is 6.61 Å². The van der Waals surface area contributed by atoms with Crippen molar-refractivity contribution in [1.29, 1.82) is 0 Å². The molecule has 0 aliphatic carbocycles. The standard InChI is InChI=1S/C9H14O2S/c1-4-11-8(10)7-5-9(2,3)12-6-7/h5H,4,6H2,1-3H3. The van der Waals surface area contributed by atoms with Gasteiger partial charge in [-0.3, -0.25) is 0 Å². The number of carbonyl (C=O) groups excluding carboxylic acids is 1. The molecular weight excluding hydrogens is 172 g/mol. The van der Waals surface area contributed by atoms with Crippen LogP contribution in [0.1, 0.15) is 20.8 Å². The van der Waals surface area contributed by atoms with E-state index in [4.69, 9.17) is 4.74 Å². The second kappa shape index (κ2) is 3.52.